The molecule has 0 spiro atoms. The highest BCUT2D eigenvalue weighted by molar-refractivity contribution is 5.85. The lowest BCUT2D eigenvalue weighted by Gasteiger charge is -2.33. The van der Waals surface area contributed by atoms with Crippen molar-refractivity contribution in [3.63, 3.8) is 0 Å². The standard InChI is InChI=1S/C28H33N5O4/c1-4-20(34)12-6-5-7-13-22(28(2,27(29)35)33-16-10-15-31-33)26-30-18-24(37-26)21-17-19-11-8-9-14-23(19)32-25(21)36-3/h8-11,14-18,22H,4-7,12-13H2,1-3H3,(H2,29,35)/t22-,28?/m1/s1. The molecule has 1 amide bonds. The molecule has 0 aliphatic carbocycles. The number of ketones is 1. The Kier molecular flexibility index (Phi) is 8.01. The zero-order chi connectivity index (χ0) is 26.4. The number of benzene rings is 1. The van der Waals surface area contributed by atoms with Crippen LogP contribution in [0.25, 0.3) is 22.2 Å². The quantitative estimate of drug-likeness (QED) is 0.254. The van der Waals surface area contributed by atoms with Crippen molar-refractivity contribution in [3.05, 3.63) is 60.9 Å². The number of unbranched alkanes of at least 4 members (excludes halogenated alkanes) is 2. The summed E-state index contributed by atoms with van der Waals surface area (Å²) in [5, 5.41) is 5.27. The largest absolute Gasteiger partial charge is 0.480 e. The van der Waals surface area contributed by atoms with E-state index >= 15 is 0 Å². The van der Waals surface area contributed by atoms with Crippen molar-refractivity contribution in [2.75, 3.05) is 7.11 Å². The van der Waals surface area contributed by atoms with E-state index in [0.29, 0.717) is 42.4 Å². The summed E-state index contributed by atoms with van der Waals surface area (Å²) < 4.78 is 13.4. The first kappa shape index (κ1) is 26.1. The zero-order valence-corrected chi connectivity index (χ0v) is 21.5. The molecule has 0 aliphatic heterocycles. The van der Waals surface area contributed by atoms with E-state index in [1.807, 2.05) is 37.3 Å². The summed E-state index contributed by atoms with van der Waals surface area (Å²) in [5.41, 5.74) is 6.23. The van der Waals surface area contributed by atoms with Gasteiger partial charge in [-0.25, -0.2) is 9.97 Å². The van der Waals surface area contributed by atoms with Gasteiger partial charge in [-0.15, -0.1) is 0 Å². The van der Waals surface area contributed by atoms with E-state index in [-0.39, 0.29) is 5.78 Å². The third-order valence-electron chi connectivity index (χ3n) is 6.97. The molecule has 0 saturated heterocycles. The number of fused-ring (bicyclic) bond motifs is 1. The number of aromatic nitrogens is 4. The molecule has 4 rings (SSSR count). The van der Waals surface area contributed by atoms with Gasteiger partial charge in [-0.2, -0.15) is 5.10 Å². The third-order valence-corrected chi connectivity index (χ3v) is 6.97. The molecule has 0 fully saturated rings. The maximum Gasteiger partial charge on any atom is 0.245 e. The number of pyridine rings is 1. The molecular weight excluding hydrogens is 470 g/mol. The van der Waals surface area contributed by atoms with E-state index in [0.717, 1.165) is 30.2 Å². The summed E-state index contributed by atoms with van der Waals surface area (Å²) in [7, 11) is 1.56. The lowest BCUT2D eigenvalue weighted by Crippen LogP contribution is -2.49. The Balaban J connectivity index is 1.69. The number of carbonyl (C=O) groups excluding carboxylic acids is 2. The molecule has 2 N–H and O–H groups in total. The number of primary amides is 1. The summed E-state index contributed by atoms with van der Waals surface area (Å²) in [4.78, 5) is 33.8. The van der Waals surface area contributed by atoms with Gasteiger partial charge in [0.05, 0.1) is 30.3 Å². The molecule has 1 aromatic carbocycles. The van der Waals surface area contributed by atoms with Gasteiger partial charge in [-0.1, -0.05) is 38.0 Å². The van der Waals surface area contributed by atoms with Gasteiger partial charge in [0.15, 0.2) is 5.76 Å². The first-order chi connectivity index (χ1) is 17.9. The van der Waals surface area contributed by atoms with Crippen LogP contribution in [0.5, 0.6) is 5.88 Å². The molecule has 9 nitrogen and oxygen atoms in total. The monoisotopic (exact) mass is 503 g/mol. The molecule has 0 saturated carbocycles. The zero-order valence-electron chi connectivity index (χ0n) is 21.5. The van der Waals surface area contributed by atoms with Gasteiger partial charge in [0, 0.05) is 30.6 Å². The van der Waals surface area contributed by atoms with Gasteiger partial charge in [-0.3, -0.25) is 14.3 Å². The molecule has 9 heteroatoms. The average Bonchev–Trinajstić information content (AvgIpc) is 3.62. The number of hydrogen-bond acceptors (Lipinski definition) is 7. The van der Waals surface area contributed by atoms with Crippen LogP contribution in [-0.4, -0.2) is 38.5 Å². The predicted octanol–water partition coefficient (Wildman–Crippen LogP) is 5.01. The highest BCUT2D eigenvalue weighted by Crippen LogP contribution is 2.40. The van der Waals surface area contributed by atoms with Crippen LogP contribution in [-0.2, 0) is 15.1 Å². The summed E-state index contributed by atoms with van der Waals surface area (Å²) in [6.45, 7) is 3.64. The average molecular weight is 504 g/mol. The smallest absolute Gasteiger partial charge is 0.245 e. The summed E-state index contributed by atoms with van der Waals surface area (Å²) in [6.07, 6.45) is 9.05. The van der Waals surface area contributed by atoms with Gasteiger partial charge in [0.25, 0.3) is 0 Å². The fraction of sp³-hybridized carbons (Fsp3) is 0.393. The van der Waals surface area contributed by atoms with Crippen molar-refractivity contribution < 1.29 is 18.7 Å². The minimum Gasteiger partial charge on any atom is -0.480 e. The van der Waals surface area contributed by atoms with E-state index in [1.165, 1.54) is 0 Å². The second-order valence-electron chi connectivity index (χ2n) is 9.31. The number of carbonyl (C=O) groups is 2. The highest BCUT2D eigenvalue weighted by atomic mass is 16.5. The van der Waals surface area contributed by atoms with Crippen molar-refractivity contribution in [2.45, 2.75) is 63.8 Å². The van der Waals surface area contributed by atoms with E-state index in [4.69, 9.17) is 14.9 Å². The van der Waals surface area contributed by atoms with E-state index in [2.05, 4.69) is 15.1 Å². The van der Waals surface area contributed by atoms with Crippen molar-refractivity contribution in [1.29, 1.82) is 0 Å². The third kappa shape index (κ3) is 5.40. The van der Waals surface area contributed by atoms with Crippen molar-refractivity contribution >= 4 is 22.6 Å². The molecule has 0 aliphatic rings. The Morgan fingerprint density at radius 2 is 2.00 bits per heavy atom. The fourth-order valence-electron chi connectivity index (χ4n) is 4.66. The van der Waals surface area contributed by atoms with Gasteiger partial charge in [0.2, 0.25) is 17.7 Å². The summed E-state index contributed by atoms with van der Waals surface area (Å²) >= 11 is 0. The molecule has 37 heavy (non-hydrogen) atoms. The number of methoxy groups -OCH3 is 1. The van der Waals surface area contributed by atoms with Crippen LogP contribution < -0.4 is 10.5 Å². The molecule has 2 atom stereocenters. The molecule has 3 heterocycles. The highest BCUT2D eigenvalue weighted by Gasteiger charge is 2.45. The number of hydrogen-bond donors (Lipinski definition) is 1. The predicted molar refractivity (Wildman–Crippen MR) is 140 cm³/mol. The van der Waals surface area contributed by atoms with Crippen molar-refractivity contribution in [3.8, 4) is 17.2 Å². The van der Waals surface area contributed by atoms with Crippen LogP contribution in [0.15, 0.2) is 59.4 Å². The minimum atomic E-state index is -1.21. The molecule has 0 bridgehead atoms. The van der Waals surface area contributed by atoms with Gasteiger partial charge in [0.1, 0.15) is 11.3 Å². The Bertz CT molecular complexity index is 1360. The van der Waals surface area contributed by atoms with Crippen molar-refractivity contribution in [1.82, 2.24) is 19.7 Å². The van der Waals surface area contributed by atoms with Gasteiger partial charge >= 0.3 is 0 Å². The topological polar surface area (TPSA) is 126 Å². The Morgan fingerprint density at radius 1 is 1.19 bits per heavy atom. The number of para-hydroxylation sites is 1. The van der Waals surface area contributed by atoms with Crippen LogP contribution in [0.4, 0.5) is 0 Å². The molecule has 1 unspecified atom stereocenters. The fourth-order valence-corrected chi connectivity index (χ4v) is 4.66. The number of nitrogens with two attached hydrogens (primary N) is 1. The number of rotatable bonds is 13. The lowest BCUT2D eigenvalue weighted by molar-refractivity contribution is -0.128. The maximum atomic E-state index is 12.9. The van der Waals surface area contributed by atoms with Crippen LogP contribution >= 0.6 is 0 Å². The second kappa shape index (κ2) is 11.4. The summed E-state index contributed by atoms with van der Waals surface area (Å²) in [6, 6.07) is 11.5. The van der Waals surface area contributed by atoms with Crippen LogP contribution in [0.2, 0.25) is 0 Å². The maximum absolute atomic E-state index is 12.9. The van der Waals surface area contributed by atoms with Crippen molar-refractivity contribution in [2.24, 2.45) is 5.73 Å². The van der Waals surface area contributed by atoms with E-state index < -0.39 is 17.4 Å². The van der Waals surface area contributed by atoms with E-state index in [1.54, 1.807) is 43.4 Å². The van der Waals surface area contributed by atoms with Crippen LogP contribution in [0.3, 0.4) is 0 Å². The van der Waals surface area contributed by atoms with Gasteiger partial charge < -0.3 is 14.9 Å². The molecule has 4 aromatic rings. The lowest BCUT2D eigenvalue weighted by atomic mass is 9.81. The molecular formula is C28H33N5O4. The normalized spacial score (nSPS) is 13.8. The Labute approximate surface area is 216 Å². The van der Waals surface area contributed by atoms with Crippen LogP contribution in [0.1, 0.15) is 64.2 Å². The van der Waals surface area contributed by atoms with E-state index in [9.17, 15) is 9.59 Å². The van der Waals surface area contributed by atoms with Crippen LogP contribution in [0, 0.1) is 0 Å². The number of ether oxygens (including phenoxy) is 1. The number of oxazole rings is 1. The number of Topliss-reactive ketones (excluding diaryl/α,β-unsaturated/α-hetero) is 1. The van der Waals surface area contributed by atoms with Gasteiger partial charge in [-0.05, 0) is 38.0 Å². The SMILES string of the molecule is CCC(=O)CCCCC[C@H](c1ncc(-c2cc3ccccc3nc2OC)o1)C(C)(C(N)=O)n1cccn1. The molecule has 194 valence electrons. The second-order valence-corrected chi connectivity index (χ2v) is 9.31. The Morgan fingerprint density at radius 3 is 2.70 bits per heavy atom. The Hall–Kier alpha value is -4.01. The first-order valence-electron chi connectivity index (χ1n) is 12.6. The number of nitrogens with zero attached hydrogens (tertiary/aromatic N) is 4. The number of amides is 1. The molecule has 0 radical (unpaired) electrons. The minimum absolute atomic E-state index is 0.255. The summed E-state index contributed by atoms with van der Waals surface area (Å²) in [5.74, 6) is 0.517. The molecule has 3 aromatic heterocycles. The first-order valence-corrected chi connectivity index (χ1v) is 12.6.